The summed E-state index contributed by atoms with van der Waals surface area (Å²) in [5, 5.41) is 10.4. The molecule has 0 unspecified atom stereocenters. The van der Waals surface area contributed by atoms with Crippen LogP contribution >= 0.6 is 0 Å². The van der Waals surface area contributed by atoms with Crippen molar-refractivity contribution in [2.75, 3.05) is 5.32 Å². The zero-order chi connectivity index (χ0) is 18.1. The van der Waals surface area contributed by atoms with E-state index in [0.29, 0.717) is 16.8 Å². The normalized spacial score (nSPS) is 10.8. The first-order chi connectivity index (χ1) is 12.6. The number of hydrogen-bond donors (Lipinski definition) is 3. The van der Waals surface area contributed by atoms with Crippen molar-refractivity contribution in [3.63, 3.8) is 0 Å². The van der Waals surface area contributed by atoms with Gasteiger partial charge in [0.25, 0.3) is 11.5 Å². The molecule has 0 saturated heterocycles. The molecule has 1 amide bonds. The highest BCUT2D eigenvalue weighted by Gasteiger charge is 2.12. The Morgan fingerprint density at radius 2 is 2.00 bits per heavy atom. The van der Waals surface area contributed by atoms with Gasteiger partial charge in [-0.25, -0.2) is 4.39 Å². The summed E-state index contributed by atoms with van der Waals surface area (Å²) in [6, 6.07) is 12.3. The van der Waals surface area contributed by atoms with Crippen LogP contribution in [-0.2, 0) is 0 Å². The molecule has 0 fully saturated rings. The molecule has 4 rings (SSSR count). The van der Waals surface area contributed by atoms with Crippen molar-refractivity contribution in [1.29, 1.82) is 0 Å². The highest BCUT2D eigenvalue weighted by Crippen LogP contribution is 2.21. The van der Waals surface area contributed by atoms with E-state index in [1.165, 1.54) is 18.3 Å². The topological polar surface area (TPSA) is 90.6 Å². The van der Waals surface area contributed by atoms with Crippen LogP contribution in [0.3, 0.4) is 0 Å². The molecule has 4 aromatic rings. The molecule has 128 valence electrons. The number of anilines is 1. The maximum Gasteiger partial charge on any atom is 0.255 e. The molecule has 6 nitrogen and oxygen atoms in total. The van der Waals surface area contributed by atoms with E-state index in [4.69, 9.17) is 0 Å². The number of halogens is 1. The van der Waals surface area contributed by atoms with Crippen LogP contribution < -0.4 is 10.9 Å². The van der Waals surface area contributed by atoms with Crippen molar-refractivity contribution in [3.05, 3.63) is 82.7 Å². The fourth-order valence-corrected chi connectivity index (χ4v) is 2.74. The molecule has 7 heteroatoms. The molecular weight excluding hydrogens is 335 g/mol. The summed E-state index contributed by atoms with van der Waals surface area (Å²) >= 11 is 0. The van der Waals surface area contributed by atoms with Crippen molar-refractivity contribution < 1.29 is 9.18 Å². The minimum Gasteiger partial charge on any atom is -0.329 e. The molecule has 0 radical (unpaired) electrons. The molecule has 0 bridgehead atoms. The van der Waals surface area contributed by atoms with E-state index in [1.54, 1.807) is 30.5 Å². The Kier molecular flexibility index (Phi) is 3.81. The van der Waals surface area contributed by atoms with Gasteiger partial charge in [0.1, 0.15) is 5.82 Å². The minimum absolute atomic E-state index is 0.118. The number of carbonyl (C=O) groups excluding carboxylic acids is 1. The van der Waals surface area contributed by atoms with Crippen LogP contribution in [-0.4, -0.2) is 21.1 Å². The highest BCUT2D eigenvalue weighted by molar-refractivity contribution is 6.05. The van der Waals surface area contributed by atoms with Gasteiger partial charge in [0.05, 0.1) is 11.7 Å². The number of hydrogen-bond acceptors (Lipinski definition) is 3. The van der Waals surface area contributed by atoms with E-state index in [-0.39, 0.29) is 11.1 Å². The zero-order valence-electron chi connectivity index (χ0n) is 13.4. The third kappa shape index (κ3) is 2.98. The Morgan fingerprint density at radius 3 is 2.85 bits per heavy atom. The number of amides is 1. The first-order valence-corrected chi connectivity index (χ1v) is 7.83. The summed E-state index contributed by atoms with van der Waals surface area (Å²) in [4.78, 5) is 27.0. The molecule has 2 aromatic carbocycles. The van der Waals surface area contributed by atoms with Crippen LogP contribution in [0.5, 0.6) is 0 Å². The molecule has 0 saturated carbocycles. The summed E-state index contributed by atoms with van der Waals surface area (Å²) in [5.74, 6) is -1.07. The molecule has 26 heavy (non-hydrogen) atoms. The first-order valence-electron chi connectivity index (χ1n) is 7.83. The standard InChI is InChI=1S/C19H13FN4O2/c20-14-7-12(16-2-1-5-21-19(16)26)6-13(8-14)18(25)23-15-4-3-11-10-22-24-17(11)9-15/h1-10H,(H,21,26)(H,22,24)(H,23,25). The Hall–Kier alpha value is -3.74. The van der Waals surface area contributed by atoms with Gasteiger partial charge in [0.15, 0.2) is 0 Å². The van der Waals surface area contributed by atoms with Gasteiger partial charge in [-0.2, -0.15) is 5.10 Å². The Balaban J connectivity index is 1.67. The number of pyridine rings is 1. The number of nitrogens with one attached hydrogen (secondary N) is 3. The summed E-state index contributed by atoms with van der Waals surface area (Å²) in [6.07, 6.45) is 3.17. The second-order valence-electron chi connectivity index (χ2n) is 5.77. The van der Waals surface area contributed by atoms with E-state index in [9.17, 15) is 14.0 Å². The second-order valence-corrected chi connectivity index (χ2v) is 5.77. The summed E-state index contributed by atoms with van der Waals surface area (Å²) in [5.41, 5.74) is 1.72. The lowest BCUT2D eigenvalue weighted by atomic mass is 10.0. The average molecular weight is 348 g/mol. The summed E-state index contributed by atoms with van der Waals surface area (Å²) in [6.45, 7) is 0. The van der Waals surface area contributed by atoms with Crippen molar-refractivity contribution >= 4 is 22.5 Å². The highest BCUT2D eigenvalue weighted by atomic mass is 19.1. The molecular formula is C19H13FN4O2. The van der Waals surface area contributed by atoms with Crippen LogP contribution in [0.1, 0.15) is 10.4 Å². The number of aromatic amines is 2. The van der Waals surface area contributed by atoms with Crippen molar-refractivity contribution in [1.82, 2.24) is 15.2 Å². The average Bonchev–Trinajstić information content (AvgIpc) is 3.09. The van der Waals surface area contributed by atoms with Crippen molar-refractivity contribution in [2.24, 2.45) is 0 Å². The third-order valence-corrected chi connectivity index (χ3v) is 3.99. The first kappa shape index (κ1) is 15.8. The van der Waals surface area contributed by atoms with Gasteiger partial charge in [-0.05, 0) is 54.1 Å². The van der Waals surface area contributed by atoms with E-state index in [1.807, 2.05) is 6.07 Å². The Bertz CT molecular complexity index is 1180. The van der Waals surface area contributed by atoms with Crippen LogP contribution in [0, 0.1) is 5.82 Å². The predicted octanol–water partition coefficient (Wildman–Crippen LogP) is 3.31. The van der Waals surface area contributed by atoms with E-state index in [2.05, 4.69) is 20.5 Å². The SMILES string of the molecule is O=C(Nc1ccc2cn[nH]c2c1)c1cc(F)cc(-c2ccc[nH]c2=O)c1. The van der Waals surface area contributed by atoms with Gasteiger partial charge >= 0.3 is 0 Å². The van der Waals surface area contributed by atoms with E-state index < -0.39 is 11.7 Å². The van der Waals surface area contributed by atoms with Gasteiger partial charge in [-0.3, -0.25) is 14.7 Å². The predicted molar refractivity (Wildman–Crippen MR) is 96.5 cm³/mol. The number of H-pyrrole nitrogens is 2. The molecule has 0 aliphatic heterocycles. The molecule has 0 aliphatic carbocycles. The monoisotopic (exact) mass is 348 g/mol. The number of carbonyl (C=O) groups is 1. The number of fused-ring (bicyclic) bond motifs is 1. The maximum atomic E-state index is 14.0. The summed E-state index contributed by atoms with van der Waals surface area (Å²) in [7, 11) is 0. The van der Waals surface area contributed by atoms with Gasteiger partial charge in [0.2, 0.25) is 0 Å². The Morgan fingerprint density at radius 1 is 1.12 bits per heavy atom. The van der Waals surface area contributed by atoms with Crippen LogP contribution in [0.4, 0.5) is 10.1 Å². The lowest BCUT2D eigenvalue weighted by Gasteiger charge is -2.08. The van der Waals surface area contributed by atoms with Crippen molar-refractivity contribution in [2.45, 2.75) is 0 Å². The van der Waals surface area contributed by atoms with Crippen LogP contribution in [0.25, 0.3) is 22.0 Å². The van der Waals surface area contributed by atoms with Crippen LogP contribution in [0.2, 0.25) is 0 Å². The molecule has 2 aromatic heterocycles. The van der Waals surface area contributed by atoms with Gasteiger partial charge in [0, 0.05) is 28.4 Å². The number of rotatable bonds is 3. The van der Waals surface area contributed by atoms with E-state index >= 15 is 0 Å². The molecule has 2 heterocycles. The van der Waals surface area contributed by atoms with Crippen molar-refractivity contribution in [3.8, 4) is 11.1 Å². The maximum absolute atomic E-state index is 14.0. The largest absolute Gasteiger partial charge is 0.329 e. The molecule has 0 spiro atoms. The van der Waals surface area contributed by atoms with Gasteiger partial charge in [-0.1, -0.05) is 0 Å². The minimum atomic E-state index is -0.597. The van der Waals surface area contributed by atoms with Gasteiger partial charge in [-0.15, -0.1) is 0 Å². The fraction of sp³-hybridized carbons (Fsp3) is 0. The van der Waals surface area contributed by atoms with E-state index in [0.717, 1.165) is 17.0 Å². The smallest absolute Gasteiger partial charge is 0.255 e. The third-order valence-electron chi connectivity index (χ3n) is 3.99. The number of aromatic nitrogens is 3. The quantitative estimate of drug-likeness (QED) is 0.530. The fourth-order valence-electron chi connectivity index (χ4n) is 2.74. The summed E-state index contributed by atoms with van der Waals surface area (Å²) < 4.78 is 14.0. The molecule has 0 aliphatic rings. The number of benzene rings is 2. The Labute approximate surface area is 146 Å². The van der Waals surface area contributed by atoms with Gasteiger partial charge < -0.3 is 10.3 Å². The lowest BCUT2D eigenvalue weighted by Crippen LogP contribution is -2.13. The second kappa shape index (κ2) is 6.29. The molecule has 3 N–H and O–H groups in total. The zero-order valence-corrected chi connectivity index (χ0v) is 13.4. The van der Waals surface area contributed by atoms with Crippen LogP contribution in [0.15, 0.2) is 65.7 Å². The number of nitrogens with zero attached hydrogens (tertiary/aromatic N) is 1. The molecule has 0 atom stereocenters. The lowest BCUT2D eigenvalue weighted by molar-refractivity contribution is 0.102.